The van der Waals surface area contributed by atoms with E-state index in [0.717, 1.165) is 5.71 Å². The van der Waals surface area contributed by atoms with Crippen LogP contribution in [0.15, 0.2) is 23.4 Å². The molecular formula is C17H23N7O6. The molecule has 2 aliphatic rings. The average Bonchev–Trinajstić information content (AvgIpc) is 3.27. The van der Waals surface area contributed by atoms with Crippen molar-refractivity contribution in [2.24, 2.45) is 16.8 Å². The van der Waals surface area contributed by atoms with Gasteiger partial charge in [-0.1, -0.05) is 0 Å². The van der Waals surface area contributed by atoms with E-state index in [1.54, 1.807) is 0 Å². The van der Waals surface area contributed by atoms with Gasteiger partial charge in [-0.15, -0.1) is 5.06 Å². The lowest BCUT2D eigenvalue weighted by atomic mass is 10.2. The third kappa shape index (κ3) is 7.63. The second-order valence-corrected chi connectivity index (χ2v) is 6.05. The van der Waals surface area contributed by atoms with Crippen LogP contribution >= 0.6 is 0 Å². The molecular weight excluding hydrogens is 398 g/mol. The Bertz CT molecular complexity index is 821. The van der Waals surface area contributed by atoms with Crippen LogP contribution in [0, 0.1) is 0 Å². The van der Waals surface area contributed by atoms with Crippen molar-refractivity contribution in [1.29, 1.82) is 0 Å². The summed E-state index contributed by atoms with van der Waals surface area (Å²) in [5, 5.41) is 5.91. The van der Waals surface area contributed by atoms with Crippen molar-refractivity contribution in [2.75, 3.05) is 5.43 Å². The standard InChI is InChI=1S/C10H10N4O4.C4H5NO2.C3H8N2/c11-13-9-6(2-1-5-12-9)10(17)18-14-7(15)3-4-8(14)16;6-3-1-2-4(7)5-3;1-3(2)5-4/h1-2,5H,3-4,11H2,(H,12,13);1-2H2,(H,5,6,7);4H2,1-2H3. The molecule has 3 heterocycles. The predicted octanol–water partition coefficient (Wildman–Crippen LogP) is -0.648. The van der Waals surface area contributed by atoms with Gasteiger partial charge in [0.25, 0.3) is 11.8 Å². The topological polar surface area (TPSA) is 199 Å². The number of hydroxylamine groups is 2. The summed E-state index contributed by atoms with van der Waals surface area (Å²) >= 11 is 0. The number of nitrogens with one attached hydrogen (secondary N) is 2. The van der Waals surface area contributed by atoms with Gasteiger partial charge in [-0.2, -0.15) is 5.10 Å². The number of rotatable bonds is 3. The second kappa shape index (κ2) is 11.9. The van der Waals surface area contributed by atoms with E-state index in [2.05, 4.69) is 20.8 Å². The van der Waals surface area contributed by atoms with E-state index < -0.39 is 17.8 Å². The highest BCUT2D eigenvalue weighted by atomic mass is 16.7. The van der Waals surface area contributed by atoms with Crippen molar-refractivity contribution in [3.05, 3.63) is 23.9 Å². The number of hydrogen-bond acceptors (Lipinski definition) is 11. The minimum atomic E-state index is -0.875. The van der Waals surface area contributed by atoms with Crippen LogP contribution in [0.3, 0.4) is 0 Å². The first-order valence-corrected chi connectivity index (χ1v) is 8.73. The van der Waals surface area contributed by atoms with Crippen LogP contribution in [-0.4, -0.2) is 45.4 Å². The van der Waals surface area contributed by atoms with E-state index in [0.29, 0.717) is 17.9 Å². The Morgan fingerprint density at radius 3 is 2.07 bits per heavy atom. The lowest BCUT2D eigenvalue weighted by Gasteiger charge is -2.13. The quantitative estimate of drug-likeness (QED) is 0.210. The van der Waals surface area contributed by atoms with Crippen LogP contribution in [-0.2, 0) is 24.0 Å². The smallest absolute Gasteiger partial charge is 0.325 e. The number of aromatic nitrogens is 1. The maximum Gasteiger partial charge on any atom is 0.367 e. The summed E-state index contributed by atoms with van der Waals surface area (Å²) in [4.78, 5) is 63.1. The molecule has 0 unspecified atom stereocenters. The van der Waals surface area contributed by atoms with Crippen molar-refractivity contribution >= 4 is 41.1 Å². The molecule has 13 nitrogen and oxygen atoms in total. The van der Waals surface area contributed by atoms with Crippen LogP contribution in [0.4, 0.5) is 5.82 Å². The van der Waals surface area contributed by atoms with Crippen molar-refractivity contribution in [2.45, 2.75) is 39.5 Å². The summed E-state index contributed by atoms with van der Waals surface area (Å²) in [5.41, 5.74) is 3.17. The Morgan fingerprint density at radius 1 is 1.13 bits per heavy atom. The van der Waals surface area contributed by atoms with Gasteiger partial charge in [0.15, 0.2) is 5.82 Å². The molecule has 2 saturated heterocycles. The molecule has 0 aliphatic carbocycles. The number of amides is 4. The maximum atomic E-state index is 11.8. The number of nitrogen functional groups attached to an aromatic ring is 1. The van der Waals surface area contributed by atoms with Gasteiger partial charge < -0.3 is 16.1 Å². The molecule has 2 aliphatic heterocycles. The van der Waals surface area contributed by atoms with E-state index in [9.17, 15) is 24.0 Å². The lowest BCUT2D eigenvalue weighted by Crippen LogP contribution is -2.32. The Labute approximate surface area is 171 Å². The first-order valence-electron chi connectivity index (χ1n) is 8.73. The molecule has 30 heavy (non-hydrogen) atoms. The number of pyridine rings is 1. The molecule has 13 heteroatoms. The van der Waals surface area contributed by atoms with Gasteiger partial charge in [0.2, 0.25) is 11.8 Å². The Kier molecular flexibility index (Phi) is 9.55. The van der Waals surface area contributed by atoms with E-state index in [-0.39, 0.29) is 36.0 Å². The van der Waals surface area contributed by atoms with E-state index >= 15 is 0 Å². The normalized spacial score (nSPS) is 14.7. The summed E-state index contributed by atoms with van der Waals surface area (Å²) in [7, 11) is 0. The van der Waals surface area contributed by atoms with Crippen LogP contribution in [0.5, 0.6) is 0 Å². The molecule has 3 rings (SSSR count). The van der Waals surface area contributed by atoms with Gasteiger partial charge in [0.1, 0.15) is 5.56 Å². The van der Waals surface area contributed by atoms with E-state index in [1.807, 2.05) is 13.8 Å². The Hall–Kier alpha value is -3.87. The predicted molar refractivity (Wildman–Crippen MR) is 104 cm³/mol. The molecule has 6 N–H and O–H groups in total. The van der Waals surface area contributed by atoms with Gasteiger partial charge in [-0.25, -0.2) is 15.6 Å². The fourth-order valence-corrected chi connectivity index (χ4v) is 1.98. The number of hydrazone groups is 1. The number of carbonyl (C=O) groups is 5. The number of hydrazine groups is 1. The van der Waals surface area contributed by atoms with Gasteiger partial charge in [0.05, 0.1) is 0 Å². The molecule has 0 radical (unpaired) electrons. The number of carbonyl (C=O) groups excluding carboxylic acids is 5. The summed E-state index contributed by atoms with van der Waals surface area (Å²) < 4.78 is 0. The molecule has 2 fully saturated rings. The number of nitrogens with zero attached hydrogens (tertiary/aromatic N) is 3. The largest absolute Gasteiger partial charge is 0.367 e. The molecule has 0 bridgehead atoms. The monoisotopic (exact) mass is 421 g/mol. The SMILES string of the molecule is CC(C)=NN.NNc1ncccc1C(=O)ON1C(=O)CCC1=O.O=C1CCC(=O)N1. The van der Waals surface area contributed by atoms with Crippen LogP contribution in [0.25, 0.3) is 0 Å². The van der Waals surface area contributed by atoms with Crippen molar-refractivity contribution in [1.82, 2.24) is 15.4 Å². The second-order valence-electron chi connectivity index (χ2n) is 6.05. The number of imide groups is 2. The van der Waals surface area contributed by atoms with Crippen molar-refractivity contribution < 1.29 is 28.8 Å². The first kappa shape index (κ1) is 24.2. The van der Waals surface area contributed by atoms with Gasteiger partial charge in [-0.05, 0) is 26.0 Å². The molecule has 1 aromatic heterocycles. The third-order valence-corrected chi connectivity index (χ3v) is 3.46. The number of nitrogens with two attached hydrogens (primary N) is 2. The maximum absolute atomic E-state index is 11.8. The molecule has 0 saturated carbocycles. The van der Waals surface area contributed by atoms with Crippen LogP contribution in [0.1, 0.15) is 49.9 Å². The number of anilines is 1. The minimum Gasteiger partial charge on any atom is -0.325 e. The summed E-state index contributed by atoms with van der Waals surface area (Å²) in [6.45, 7) is 3.69. The molecule has 0 spiro atoms. The average molecular weight is 421 g/mol. The van der Waals surface area contributed by atoms with Gasteiger partial charge >= 0.3 is 5.97 Å². The third-order valence-electron chi connectivity index (χ3n) is 3.46. The summed E-state index contributed by atoms with van der Waals surface area (Å²) in [6, 6.07) is 2.92. The summed E-state index contributed by atoms with van der Waals surface area (Å²) in [5.74, 6) is 7.79. The van der Waals surface area contributed by atoms with Crippen LogP contribution in [0.2, 0.25) is 0 Å². The zero-order valence-corrected chi connectivity index (χ0v) is 16.5. The Morgan fingerprint density at radius 2 is 1.67 bits per heavy atom. The zero-order valence-electron chi connectivity index (χ0n) is 16.5. The van der Waals surface area contributed by atoms with Gasteiger partial charge in [-0.3, -0.25) is 24.5 Å². The number of hydrogen-bond donors (Lipinski definition) is 4. The minimum absolute atomic E-state index is 0.0347. The molecule has 162 valence electrons. The van der Waals surface area contributed by atoms with Gasteiger partial charge in [0, 0.05) is 37.6 Å². The highest BCUT2D eigenvalue weighted by Crippen LogP contribution is 2.16. The fraction of sp³-hybridized carbons (Fsp3) is 0.353. The summed E-state index contributed by atoms with van der Waals surface area (Å²) in [6.07, 6.45) is 2.26. The molecule has 0 atom stereocenters. The lowest BCUT2D eigenvalue weighted by molar-refractivity contribution is -0.172. The van der Waals surface area contributed by atoms with Crippen molar-refractivity contribution in [3.63, 3.8) is 0 Å². The van der Waals surface area contributed by atoms with Crippen molar-refractivity contribution in [3.8, 4) is 0 Å². The van der Waals surface area contributed by atoms with Crippen LogP contribution < -0.4 is 22.4 Å². The fourth-order valence-electron chi connectivity index (χ4n) is 1.98. The first-order chi connectivity index (χ1) is 14.2. The molecule has 0 aromatic carbocycles. The van der Waals surface area contributed by atoms with E-state index in [4.69, 9.17) is 16.5 Å². The molecule has 1 aromatic rings. The highest BCUT2D eigenvalue weighted by molar-refractivity contribution is 6.03. The zero-order chi connectivity index (χ0) is 22.7. The highest BCUT2D eigenvalue weighted by Gasteiger charge is 2.33. The Balaban J connectivity index is 0.000000307. The van der Waals surface area contributed by atoms with E-state index in [1.165, 1.54) is 18.3 Å². The molecule has 4 amide bonds.